The molecule has 0 spiro atoms. The number of hydrogen-bond donors (Lipinski definition) is 1. The van der Waals surface area contributed by atoms with E-state index in [4.69, 9.17) is 4.74 Å². The predicted molar refractivity (Wildman–Crippen MR) is 68.1 cm³/mol. The Hall–Kier alpha value is -1.32. The Kier molecular flexibility index (Phi) is 3.89. The van der Waals surface area contributed by atoms with Gasteiger partial charge in [0, 0.05) is 12.0 Å². The second-order valence-corrected chi connectivity index (χ2v) is 6.59. The van der Waals surface area contributed by atoms with Gasteiger partial charge in [0.25, 0.3) is 0 Å². The molecule has 1 fully saturated rings. The van der Waals surface area contributed by atoms with E-state index in [1.54, 1.807) is 20.8 Å². The molecule has 0 aromatic heterocycles. The highest BCUT2D eigenvalue weighted by Crippen LogP contribution is 2.37. The molecule has 4 nitrogen and oxygen atoms in total. The number of rotatable bonds is 1. The van der Waals surface area contributed by atoms with Crippen LogP contribution in [0, 0.1) is 5.41 Å². The van der Waals surface area contributed by atoms with Crippen LogP contribution in [0.25, 0.3) is 0 Å². The Morgan fingerprint density at radius 3 is 2.39 bits per heavy atom. The number of ketones is 1. The monoisotopic (exact) mass is 254 g/mol. The largest absolute Gasteiger partial charge is 0.502 e. The number of esters is 1. The van der Waals surface area contributed by atoms with Gasteiger partial charge < -0.3 is 9.84 Å². The molecule has 1 N–H and O–H groups in total. The zero-order valence-electron chi connectivity index (χ0n) is 11.8. The minimum Gasteiger partial charge on any atom is -0.502 e. The molecule has 1 aliphatic carbocycles. The molecule has 0 unspecified atom stereocenters. The first-order chi connectivity index (χ1) is 8.02. The predicted octanol–water partition coefficient (Wildman–Crippen LogP) is 2.92. The molecular formula is C14H22O4. The van der Waals surface area contributed by atoms with Crippen LogP contribution >= 0.6 is 0 Å². The summed E-state index contributed by atoms with van der Waals surface area (Å²) in [4.78, 5) is 23.5. The number of ether oxygens (including phenoxy) is 1. The quantitative estimate of drug-likeness (QED) is 0.444. The van der Waals surface area contributed by atoms with Gasteiger partial charge in [-0.05, 0) is 39.0 Å². The molecule has 18 heavy (non-hydrogen) atoms. The fourth-order valence-corrected chi connectivity index (χ4v) is 1.93. The molecule has 0 bridgehead atoms. The average molecular weight is 254 g/mol. The van der Waals surface area contributed by atoms with Crippen LogP contribution in [0.4, 0.5) is 0 Å². The lowest BCUT2D eigenvalue weighted by atomic mass is 9.74. The van der Waals surface area contributed by atoms with E-state index in [2.05, 4.69) is 0 Å². The van der Waals surface area contributed by atoms with Crippen molar-refractivity contribution in [1.82, 2.24) is 0 Å². The lowest BCUT2D eigenvalue weighted by molar-refractivity contribution is -0.153. The summed E-state index contributed by atoms with van der Waals surface area (Å²) in [6.07, 6.45) is 1.56. The molecule has 0 aromatic rings. The van der Waals surface area contributed by atoms with E-state index < -0.39 is 17.3 Å². The molecule has 1 aliphatic rings. The molecule has 0 saturated heterocycles. The SMILES string of the molecule is CC1(C)CCC(=O)/C(=C(\O)C(=O)OC(C)(C)C)C1. The van der Waals surface area contributed by atoms with Crippen LogP contribution in [0.3, 0.4) is 0 Å². The van der Waals surface area contributed by atoms with Gasteiger partial charge in [-0.25, -0.2) is 4.79 Å². The summed E-state index contributed by atoms with van der Waals surface area (Å²) in [6, 6.07) is 0. The van der Waals surface area contributed by atoms with Crippen molar-refractivity contribution in [2.45, 2.75) is 59.5 Å². The summed E-state index contributed by atoms with van der Waals surface area (Å²) >= 11 is 0. The van der Waals surface area contributed by atoms with E-state index in [-0.39, 0.29) is 16.8 Å². The van der Waals surface area contributed by atoms with E-state index in [0.29, 0.717) is 12.8 Å². The van der Waals surface area contributed by atoms with Crippen LogP contribution < -0.4 is 0 Å². The van der Waals surface area contributed by atoms with Crippen LogP contribution in [0.2, 0.25) is 0 Å². The molecule has 0 aliphatic heterocycles. The van der Waals surface area contributed by atoms with Crippen LogP contribution in [-0.2, 0) is 14.3 Å². The maximum Gasteiger partial charge on any atom is 0.374 e. The maximum absolute atomic E-state index is 11.8. The fourth-order valence-electron chi connectivity index (χ4n) is 1.93. The third-order valence-corrected chi connectivity index (χ3v) is 2.90. The highest BCUT2D eigenvalue weighted by atomic mass is 16.6. The van der Waals surface area contributed by atoms with Crippen molar-refractivity contribution in [3.63, 3.8) is 0 Å². The summed E-state index contributed by atoms with van der Waals surface area (Å²) in [6.45, 7) is 9.18. The van der Waals surface area contributed by atoms with Crippen molar-refractivity contribution < 1.29 is 19.4 Å². The standard InChI is InChI=1S/C14H22O4/c1-13(2,3)18-12(17)11(16)9-8-14(4,5)7-6-10(9)15/h16H,6-8H2,1-5H3/b11-9-. The van der Waals surface area contributed by atoms with Gasteiger partial charge in [-0.2, -0.15) is 0 Å². The number of Topliss-reactive ketones (excluding diaryl/α,β-unsaturated/α-hetero) is 1. The van der Waals surface area contributed by atoms with Gasteiger partial charge in [-0.15, -0.1) is 0 Å². The van der Waals surface area contributed by atoms with Crippen molar-refractivity contribution in [2.24, 2.45) is 5.41 Å². The number of carbonyl (C=O) groups excluding carboxylic acids is 2. The Balaban J connectivity index is 2.96. The zero-order chi connectivity index (χ0) is 14.1. The van der Waals surface area contributed by atoms with Crippen LogP contribution in [-0.4, -0.2) is 22.5 Å². The highest BCUT2D eigenvalue weighted by Gasteiger charge is 2.34. The van der Waals surface area contributed by atoms with Gasteiger partial charge in [-0.1, -0.05) is 13.8 Å². The van der Waals surface area contributed by atoms with E-state index in [1.807, 2.05) is 13.8 Å². The summed E-state index contributed by atoms with van der Waals surface area (Å²) < 4.78 is 5.07. The third kappa shape index (κ3) is 3.86. The molecule has 0 atom stereocenters. The molecule has 1 rings (SSSR count). The molecule has 4 heteroatoms. The molecule has 0 amide bonds. The second-order valence-electron chi connectivity index (χ2n) is 6.59. The number of allylic oxidation sites excluding steroid dienone is 1. The van der Waals surface area contributed by atoms with Gasteiger partial charge in [0.2, 0.25) is 5.76 Å². The lowest BCUT2D eigenvalue weighted by Gasteiger charge is -2.30. The second kappa shape index (κ2) is 4.75. The number of aliphatic hydroxyl groups excluding tert-OH is 1. The van der Waals surface area contributed by atoms with Crippen molar-refractivity contribution in [3.8, 4) is 0 Å². The Bertz CT molecular complexity index is 397. The minimum atomic E-state index is -0.816. The first kappa shape index (κ1) is 14.7. The minimum absolute atomic E-state index is 0.0702. The Morgan fingerprint density at radius 1 is 1.33 bits per heavy atom. The highest BCUT2D eigenvalue weighted by molar-refractivity contribution is 6.03. The number of aliphatic hydroxyl groups is 1. The third-order valence-electron chi connectivity index (χ3n) is 2.90. The van der Waals surface area contributed by atoms with Gasteiger partial charge >= 0.3 is 5.97 Å². The Morgan fingerprint density at radius 2 is 1.89 bits per heavy atom. The summed E-state index contributed by atoms with van der Waals surface area (Å²) in [5.74, 6) is -1.50. The fraction of sp³-hybridized carbons (Fsp3) is 0.714. The molecular weight excluding hydrogens is 232 g/mol. The summed E-state index contributed by atoms with van der Waals surface area (Å²) in [5, 5.41) is 9.89. The van der Waals surface area contributed by atoms with Gasteiger partial charge in [0.1, 0.15) is 5.60 Å². The van der Waals surface area contributed by atoms with Crippen LogP contribution in [0.5, 0.6) is 0 Å². The Labute approximate surface area is 108 Å². The van der Waals surface area contributed by atoms with Gasteiger partial charge in [0.05, 0.1) is 0 Å². The smallest absolute Gasteiger partial charge is 0.374 e. The summed E-state index contributed by atoms with van der Waals surface area (Å²) in [7, 11) is 0. The van der Waals surface area contributed by atoms with Crippen molar-refractivity contribution >= 4 is 11.8 Å². The molecule has 0 aromatic carbocycles. The van der Waals surface area contributed by atoms with Gasteiger partial charge in [-0.3, -0.25) is 4.79 Å². The molecule has 1 saturated carbocycles. The number of hydrogen-bond acceptors (Lipinski definition) is 4. The summed E-state index contributed by atoms with van der Waals surface area (Å²) in [5.41, 5.74) is -0.543. The van der Waals surface area contributed by atoms with Crippen LogP contribution in [0.1, 0.15) is 53.9 Å². The lowest BCUT2D eigenvalue weighted by Crippen LogP contribution is -2.29. The van der Waals surface area contributed by atoms with Crippen LogP contribution in [0.15, 0.2) is 11.3 Å². The van der Waals surface area contributed by atoms with Crippen molar-refractivity contribution in [1.29, 1.82) is 0 Å². The van der Waals surface area contributed by atoms with E-state index >= 15 is 0 Å². The zero-order valence-corrected chi connectivity index (χ0v) is 11.8. The first-order valence-electron chi connectivity index (χ1n) is 6.20. The van der Waals surface area contributed by atoms with Gasteiger partial charge in [0.15, 0.2) is 5.78 Å². The van der Waals surface area contributed by atoms with Crippen molar-refractivity contribution in [3.05, 3.63) is 11.3 Å². The average Bonchev–Trinajstić information content (AvgIpc) is 2.18. The normalized spacial score (nSPS) is 22.6. The molecule has 102 valence electrons. The topological polar surface area (TPSA) is 63.6 Å². The van der Waals surface area contributed by atoms with E-state index in [0.717, 1.165) is 6.42 Å². The van der Waals surface area contributed by atoms with E-state index in [1.165, 1.54) is 0 Å². The maximum atomic E-state index is 11.8. The molecule has 0 radical (unpaired) electrons. The number of carbonyl (C=O) groups is 2. The van der Waals surface area contributed by atoms with E-state index in [9.17, 15) is 14.7 Å². The first-order valence-corrected chi connectivity index (χ1v) is 6.20. The molecule has 0 heterocycles. The van der Waals surface area contributed by atoms with Crippen molar-refractivity contribution in [2.75, 3.05) is 0 Å².